The number of amides is 3. The number of hydrogen-bond acceptors (Lipinski definition) is 5. The van der Waals surface area contributed by atoms with Crippen LogP contribution in [0.15, 0.2) is 53.1 Å². The maximum atomic E-state index is 12.5. The number of carbonyl (C=O) groups is 3. The van der Waals surface area contributed by atoms with Crippen molar-refractivity contribution >= 4 is 28.7 Å². The van der Waals surface area contributed by atoms with Crippen molar-refractivity contribution < 1.29 is 23.5 Å². The molecular formula is C21H18N2O5. The van der Waals surface area contributed by atoms with Crippen LogP contribution in [0.5, 0.6) is 0 Å². The van der Waals surface area contributed by atoms with Crippen molar-refractivity contribution in [3.63, 3.8) is 0 Å². The highest BCUT2D eigenvalue weighted by Gasteiger charge is 2.20. The second-order valence-electron chi connectivity index (χ2n) is 6.50. The van der Waals surface area contributed by atoms with E-state index in [2.05, 4.69) is 16.7 Å². The SMILES string of the molecule is O=C(COC(=O)c1ccc2c3c(cccc13)CC2)NC(=O)NCc1ccco1. The molecule has 4 rings (SSSR count). The van der Waals surface area contributed by atoms with Crippen molar-refractivity contribution in [2.24, 2.45) is 0 Å². The Balaban J connectivity index is 1.34. The molecule has 0 fully saturated rings. The van der Waals surface area contributed by atoms with Gasteiger partial charge in [-0.3, -0.25) is 10.1 Å². The molecule has 0 atom stereocenters. The quantitative estimate of drug-likeness (QED) is 0.666. The molecule has 0 saturated carbocycles. The molecule has 28 heavy (non-hydrogen) atoms. The third-order valence-corrected chi connectivity index (χ3v) is 4.69. The Morgan fingerprint density at radius 2 is 1.82 bits per heavy atom. The van der Waals surface area contributed by atoms with E-state index in [4.69, 9.17) is 9.15 Å². The van der Waals surface area contributed by atoms with Gasteiger partial charge in [0.25, 0.3) is 5.91 Å². The molecule has 2 N–H and O–H groups in total. The number of carbonyl (C=O) groups excluding carboxylic acids is 3. The van der Waals surface area contributed by atoms with E-state index in [1.54, 1.807) is 18.2 Å². The lowest BCUT2D eigenvalue weighted by molar-refractivity contribution is -0.123. The molecule has 2 aromatic carbocycles. The number of hydrogen-bond donors (Lipinski definition) is 2. The van der Waals surface area contributed by atoms with Gasteiger partial charge in [-0.25, -0.2) is 9.59 Å². The first-order chi connectivity index (χ1) is 13.6. The van der Waals surface area contributed by atoms with Crippen molar-refractivity contribution in [3.05, 3.63) is 71.2 Å². The highest BCUT2D eigenvalue weighted by molar-refractivity contribution is 6.07. The number of imide groups is 1. The van der Waals surface area contributed by atoms with Gasteiger partial charge in [-0.05, 0) is 52.9 Å². The van der Waals surface area contributed by atoms with E-state index < -0.39 is 24.5 Å². The van der Waals surface area contributed by atoms with Gasteiger partial charge in [0.1, 0.15) is 5.76 Å². The third-order valence-electron chi connectivity index (χ3n) is 4.69. The van der Waals surface area contributed by atoms with Crippen molar-refractivity contribution in [1.29, 1.82) is 0 Å². The highest BCUT2D eigenvalue weighted by atomic mass is 16.5. The fourth-order valence-corrected chi connectivity index (χ4v) is 3.42. The lowest BCUT2D eigenvalue weighted by Crippen LogP contribution is -2.41. The van der Waals surface area contributed by atoms with Crippen LogP contribution in [0.25, 0.3) is 10.8 Å². The summed E-state index contributed by atoms with van der Waals surface area (Å²) >= 11 is 0. The highest BCUT2D eigenvalue weighted by Crippen LogP contribution is 2.32. The molecule has 1 aromatic heterocycles. The van der Waals surface area contributed by atoms with Crippen LogP contribution < -0.4 is 10.6 Å². The molecule has 7 nitrogen and oxygen atoms in total. The van der Waals surface area contributed by atoms with E-state index >= 15 is 0 Å². The van der Waals surface area contributed by atoms with Gasteiger partial charge in [0.15, 0.2) is 6.61 Å². The molecule has 7 heteroatoms. The Bertz CT molecular complexity index is 1050. The summed E-state index contributed by atoms with van der Waals surface area (Å²) in [7, 11) is 0. The van der Waals surface area contributed by atoms with Crippen molar-refractivity contribution in [2.75, 3.05) is 6.61 Å². The van der Waals surface area contributed by atoms with Crippen LogP contribution in [-0.4, -0.2) is 24.5 Å². The van der Waals surface area contributed by atoms with Crippen molar-refractivity contribution in [3.8, 4) is 0 Å². The molecule has 3 aromatic rings. The Morgan fingerprint density at radius 1 is 1.00 bits per heavy atom. The summed E-state index contributed by atoms with van der Waals surface area (Å²) in [5.74, 6) is -0.751. The monoisotopic (exact) mass is 378 g/mol. The van der Waals surface area contributed by atoms with Crippen LogP contribution in [0, 0.1) is 0 Å². The minimum atomic E-state index is -0.712. The predicted molar refractivity (Wildman–Crippen MR) is 101 cm³/mol. The van der Waals surface area contributed by atoms with Gasteiger partial charge < -0.3 is 14.5 Å². The molecule has 1 heterocycles. The normalized spacial score (nSPS) is 12.0. The molecule has 142 valence electrons. The summed E-state index contributed by atoms with van der Waals surface area (Å²) in [4.78, 5) is 36.0. The Hall–Kier alpha value is -3.61. The number of urea groups is 1. The summed E-state index contributed by atoms with van der Waals surface area (Å²) in [6, 6.07) is 12.2. The van der Waals surface area contributed by atoms with Crippen LogP contribution in [0.1, 0.15) is 27.2 Å². The second kappa shape index (κ2) is 7.56. The van der Waals surface area contributed by atoms with Crippen molar-refractivity contribution in [2.45, 2.75) is 19.4 Å². The average molecular weight is 378 g/mol. The molecule has 3 amide bonds. The average Bonchev–Trinajstić information content (AvgIpc) is 3.36. The largest absolute Gasteiger partial charge is 0.467 e. The molecule has 1 aliphatic rings. The zero-order valence-corrected chi connectivity index (χ0v) is 15.0. The molecule has 0 saturated heterocycles. The van der Waals surface area contributed by atoms with Crippen molar-refractivity contribution in [1.82, 2.24) is 10.6 Å². The van der Waals surface area contributed by atoms with Crippen LogP contribution in [0.2, 0.25) is 0 Å². The minimum absolute atomic E-state index is 0.145. The predicted octanol–water partition coefficient (Wildman–Crippen LogP) is 2.71. The smallest absolute Gasteiger partial charge is 0.339 e. The van der Waals surface area contributed by atoms with E-state index in [1.165, 1.54) is 17.4 Å². The van der Waals surface area contributed by atoms with Crippen LogP contribution in [0.3, 0.4) is 0 Å². The van der Waals surface area contributed by atoms with E-state index in [0.29, 0.717) is 11.3 Å². The number of esters is 1. The lowest BCUT2D eigenvalue weighted by atomic mass is 10.00. The summed E-state index contributed by atoms with van der Waals surface area (Å²) in [5, 5.41) is 6.50. The molecule has 0 radical (unpaired) electrons. The second-order valence-corrected chi connectivity index (χ2v) is 6.50. The summed E-state index contributed by atoms with van der Waals surface area (Å²) < 4.78 is 10.2. The topological polar surface area (TPSA) is 97.6 Å². The number of benzene rings is 2. The zero-order chi connectivity index (χ0) is 19.5. The molecule has 0 spiro atoms. The Labute approximate surface area is 160 Å². The maximum absolute atomic E-state index is 12.5. The van der Waals surface area contributed by atoms with Gasteiger partial charge in [-0.1, -0.05) is 24.3 Å². The first-order valence-electron chi connectivity index (χ1n) is 8.92. The molecule has 0 unspecified atom stereocenters. The lowest BCUT2D eigenvalue weighted by Gasteiger charge is -2.09. The minimum Gasteiger partial charge on any atom is -0.467 e. The van der Waals surface area contributed by atoms with Crippen LogP contribution in [-0.2, 0) is 28.9 Å². The molecular weight excluding hydrogens is 360 g/mol. The van der Waals surface area contributed by atoms with E-state index in [-0.39, 0.29) is 6.54 Å². The van der Waals surface area contributed by atoms with Crippen LogP contribution in [0.4, 0.5) is 4.79 Å². The fourth-order valence-electron chi connectivity index (χ4n) is 3.42. The summed E-state index contributed by atoms with van der Waals surface area (Å²) in [6.07, 6.45) is 3.40. The van der Waals surface area contributed by atoms with Crippen LogP contribution >= 0.6 is 0 Å². The Kier molecular flexibility index (Phi) is 4.80. The summed E-state index contributed by atoms with van der Waals surface area (Å²) in [6.45, 7) is -0.400. The molecule has 0 aliphatic heterocycles. The van der Waals surface area contributed by atoms with E-state index in [0.717, 1.165) is 23.6 Å². The number of furan rings is 1. The third kappa shape index (κ3) is 3.59. The Morgan fingerprint density at radius 3 is 2.61 bits per heavy atom. The first-order valence-corrected chi connectivity index (χ1v) is 8.92. The number of ether oxygens (including phenoxy) is 1. The molecule has 0 bridgehead atoms. The van der Waals surface area contributed by atoms with Gasteiger partial charge in [-0.15, -0.1) is 0 Å². The van der Waals surface area contributed by atoms with E-state index in [1.807, 2.05) is 18.2 Å². The van der Waals surface area contributed by atoms with Gasteiger partial charge >= 0.3 is 12.0 Å². The molecule has 1 aliphatic carbocycles. The van der Waals surface area contributed by atoms with Gasteiger partial charge in [-0.2, -0.15) is 0 Å². The summed E-state index contributed by atoms with van der Waals surface area (Å²) in [5.41, 5.74) is 2.85. The van der Waals surface area contributed by atoms with Gasteiger partial charge in [0, 0.05) is 0 Å². The van der Waals surface area contributed by atoms with Gasteiger partial charge in [0.05, 0.1) is 18.4 Å². The fraction of sp³-hybridized carbons (Fsp3) is 0.190. The maximum Gasteiger partial charge on any atom is 0.339 e. The zero-order valence-electron chi connectivity index (χ0n) is 15.0. The van der Waals surface area contributed by atoms with Gasteiger partial charge in [0.2, 0.25) is 0 Å². The number of aryl methyl sites for hydroxylation is 2. The number of rotatable bonds is 5. The number of nitrogens with one attached hydrogen (secondary N) is 2. The van der Waals surface area contributed by atoms with E-state index in [9.17, 15) is 14.4 Å². The first kappa shape index (κ1) is 17.8. The standard InChI is InChI=1S/C21H18N2O5/c24-18(23-21(26)22-11-15-4-2-10-27-15)12-28-20(25)17-9-8-14-7-6-13-3-1-5-16(17)19(13)14/h1-5,8-10H,6-7,11-12H2,(H2,22,23,24,26).